The number of rotatable bonds is 2. The van der Waals surface area contributed by atoms with Crippen LogP contribution in [0.1, 0.15) is 18.4 Å². The summed E-state index contributed by atoms with van der Waals surface area (Å²) in [6, 6.07) is 4.18. The lowest BCUT2D eigenvalue weighted by Gasteiger charge is -2.32. The summed E-state index contributed by atoms with van der Waals surface area (Å²) in [5, 5.41) is 2.82. The van der Waals surface area contributed by atoms with Crippen molar-refractivity contribution in [2.24, 2.45) is 0 Å². The molecule has 1 atom stereocenters. The Morgan fingerprint density at radius 1 is 1.53 bits per heavy atom. The smallest absolute Gasteiger partial charge is 0.321 e. The summed E-state index contributed by atoms with van der Waals surface area (Å²) in [6.07, 6.45) is 2.03. The van der Waals surface area contributed by atoms with E-state index >= 15 is 0 Å². The number of methoxy groups -OCH3 is 1. The molecule has 1 aliphatic heterocycles. The van der Waals surface area contributed by atoms with E-state index in [0.29, 0.717) is 17.8 Å². The molecule has 2 rings (SSSR count). The molecule has 0 radical (unpaired) electrons. The predicted octanol–water partition coefficient (Wildman–Crippen LogP) is 2.78. The number of carbonyl (C=O) groups is 1. The molecule has 1 aromatic carbocycles. The number of ether oxygens (including phenoxy) is 1. The molecule has 19 heavy (non-hydrogen) atoms. The molecular weight excluding hydrogens is 247 g/mol. The average molecular weight is 266 g/mol. The molecule has 4 nitrogen and oxygen atoms in total. The highest BCUT2D eigenvalue weighted by atomic mass is 19.1. The number of aryl methyl sites for hydroxylation is 1. The van der Waals surface area contributed by atoms with E-state index in [1.165, 1.54) is 12.1 Å². The van der Waals surface area contributed by atoms with Gasteiger partial charge < -0.3 is 15.0 Å². The molecule has 104 valence electrons. The highest BCUT2D eigenvalue weighted by Gasteiger charge is 2.23. The van der Waals surface area contributed by atoms with Crippen molar-refractivity contribution in [3.05, 3.63) is 29.6 Å². The molecule has 1 heterocycles. The Balaban J connectivity index is 2.00. The van der Waals surface area contributed by atoms with Crippen LogP contribution in [-0.4, -0.2) is 37.2 Å². The summed E-state index contributed by atoms with van der Waals surface area (Å²) in [5.41, 5.74) is 1.36. The number of piperidine rings is 1. The van der Waals surface area contributed by atoms with E-state index in [1.54, 1.807) is 25.0 Å². The minimum atomic E-state index is -0.298. The first-order valence-corrected chi connectivity index (χ1v) is 6.45. The molecule has 1 N–H and O–H groups in total. The van der Waals surface area contributed by atoms with Gasteiger partial charge in [0.25, 0.3) is 0 Å². The maximum Gasteiger partial charge on any atom is 0.321 e. The molecule has 0 aliphatic carbocycles. The van der Waals surface area contributed by atoms with E-state index in [-0.39, 0.29) is 18.0 Å². The molecule has 0 aromatic heterocycles. The van der Waals surface area contributed by atoms with Crippen molar-refractivity contribution >= 4 is 11.7 Å². The molecule has 1 saturated heterocycles. The zero-order valence-electron chi connectivity index (χ0n) is 11.3. The number of benzene rings is 1. The number of anilines is 1. The minimum Gasteiger partial charge on any atom is -0.380 e. The zero-order valence-corrected chi connectivity index (χ0v) is 11.3. The summed E-state index contributed by atoms with van der Waals surface area (Å²) in [6.45, 7) is 3.10. The summed E-state index contributed by atoms with van der Waals surface area (Å²) in [7, 11) is 1.66. The highest BCUT2D eigenvalue weighted by Crippen LogP contribution is 2.18. The van der Waals surface area contributed by atoms with E-state index in [9.17, 15) is 9.18 Å². The Morgan fingerprint density at radius 2 is 2.32 bits per heavy atom. The Hall–Kier alpha value is -1.62. The second kappa shape index (κ2) is 6.02. The summed E-state index contributed by atoms with van der Waals surface area (Å²) < 4.78 is 18.3. The number of urea groups is 1. The Labute approximate surface area is 112 Å². The molecule has 1 aromatic rings. The predicted molar refractivity (Wildman–Crippen MR) is 71.8 cm³/mol. The number of hydrogen-bond donors (Lipinski definition) is 1. The topological polar surface area (TPSA) is 41.6 Å². The van der Waals surface area contributed by atoms with Gasteiger partial charge in [-0.25, -0.2) is 9.18 Å². The second-order valence-corrected chi connectivity index (χ2v) is 4.84. The van der Waals surface area contributed by atoms with E-state index < -0.39 is 0 Å². The Morgan fingerprint density at radius 3 is 3.00 bits per heavy atom. The van der Waals surface area contributed by atoms with Crippen LogP contribution in [-0.2, 0) is 4.74 Å². The van der Waals surface area contributed by atoms with Gasteiger partial charge in [-0.05, 0) is 43.5 Å². The molecule has 0 saturated carbocycles. The third-order valence-corrected chi connectivity index (χ3v) is 3.43. The number of hydrogen-bond acceptors (Lipinski definition) is 2. The molecule has 0 spiro atoms. The van der Waals surface area contributed by atoms with Crippen LogP contribution in [0, 0.1) is 12.7 Å². The van der Waals surface area contributed by atoms with Gasteiger partial charge >= 0.3 is 6.03 Å². The van der Waals surface area contributed by atoms with Gasteiger partial charge in [0.05, 0.1) is 6.10 Å². The van der Waals surface area contributed by atoms with Crippen LogP contribution in [0.2, 0.25) is 0 Å². The van der Waals surface area contributed by atoms with Gasteiger partial charge in [0.15, 0.2) is 0 Å². The first kappa shape index (κ1) is 13.8. The lowest BCUT2D eigenvalue weighted by Crippen LogP contribution is -2.44. The van der Waals surface area contributed by atoms with Gasteiger partial charge in [-0.3, -0.25) is 0 Å². The Bertz CT molecular complexity index is 465. The van der Waals surface area contributed by atoms with E-state index in [2.05, 4.69) is 5.32 Å². The minimum absolute atomic E-state index is 0.105. The fourth-order valence-electron chi connectivity index (χ4n) is 2.28. The van der Waals surface area contributed by atoms with Crippen molar-refractivity contribution in [1.82, 2.24) is 4.90 Å². The van der Waals surface area contributed by atoms with E-state index in [0.717, 1.165) is 19.4 Å². The van der Waals surface area contributed by atoms with E-state index in [4.69, 9.17) is 4.74 Å². The number of halogens is 1. The average Bonchev–Trinajstić information content (AvgIpc) is 2.42. The fourth-order valence-corrected chi connectivity index (χ4v) is 2.28. The van der Waals surface area contributed by atoms with Crippen molar-refractivity contribution in [3.8, 4) is 0 Å². The largest absolute Gasteiger partial charge is 0.380 e. The summed E-state index contributed by atoms with van der Waals surface area (Å²) >= 11 is 0. The number of nitrogens with zero attached hydrogens (tertiary/aromatic N) is 1. The standard InChI is InChI=1S/C14H19FN2O2/c1-10-8-11(15)5-6-13(10)16-14(18)17-7-3-4-12(9-17)19-2/h5-6,8,12H,3-4,7,9H2,1-2H3,(H,16,18)/t12-/m0/s1. The lowest BCUT2D eigenvalue weighted by atomic mass is 10.1. The van der Waals surface area contributed by atoms with Crippen LogP contribution in [0.15, 0.2) is 18.2 Å². The third-order valence-electron chi connectivity index (χ3n) is 3.43. The van der Waals surface area contributed by atoms with Crippen molar-refractivity contribution in [3.63, 3.8) is 0 Å². The molecule has 0 bridgehead atoms. The van der Waals surface area contributed by atoms with Gasteiger partial charge in [-0.2, -0.15) is 0 Å². The highest BCUT2D eigenvalue weighted by molar-refractivity contribution is 5.90. The SMILES string of the molecule is CO[C@H]1CCCN(C(=O)Nc2ccc(F)cc2C)C1. The second-order valence-electron chi connectivity index (χ2n) is 4.84. The third kappa shape index (κ3) is 3.44. The van der Waals surface area contributed by atoms with Gasteiger partial charge in [0.1, 0.15) is 5.82 Å². The first-order valence-electron chi connectivity index (χ1n) is 6.45. The van der Waals surface area contributed by atoms with E-state index in [1.807, 2.05) is 0 Å². The van der Waals surface area contributed by atoms with Crippen molar-refractivity contribution in [2.75, 3.05) is 25.5 Å². The molecule has 0 unspecified atom stereocenters. The molecule has 2 amide bonds. The first-order chi connectivity index (χ1) is 9.10. The van der Waals surface area contributed by atoms with Crippen LogP contribution >= 0.6 is 0 Å². The monoisotopic (exact) mass is 266 g/mol. The maximum atomic E-state index is 13.0. The molecule has 1 fully saturated rings. The van der Waals surface area contributed by atoms with Crippen molar-refractivity contribution in [1.29, 1.82) is 0 Å². The van der Waals surface area contributed by atoms with Crippen LogP contribution < -0.4 is 5.32 Å². The number of nitrogens with one attached hydrogen (secondary N) is 1. The maximum absolute atomic E-state index is 13.0. The van der Waals surface area contributed by atoms with Gasteiger partial charge in [0, 0.05) is 25.9 Å². The van der Waals surface area contributed by atoms with Gasteiger partial charge in [0.2, 0.25) is 0 Å². The number of amides is 2. The van der Waals surface area contributed by atoms with Gasteiger partial charge in [-0.1, -0.05) is 0 Å². The van der Waals surface area contributed by atoms with Crippen LogP contribution in [0.4, 0.5) is 14.9 Å². The number of likely N-dealkylation sites (tertiary alicyclic amines) is 1. The van der Waals surface area contributed by atoms with Crippen LogP contribution in [0.25, 0.3) is 0 Å². The molecule has 1 aliphatic rings. The summed E-state index contributed by atoms with van der Waals surface area (Å²) in [5.74, 6) is -0.298. The Kier molecular flexibility index (Phi) is 4.37. The quantitative estimate of drug-likeness (QED) is 0.894. The summed E-state index contributed by atoms with van der Waals surface area (Å²) in [4.78, 5) is 13.9. The van der Waals surface area contributed by atoms with Gasteiger partial charge in [-0.15, -0.1) is 0 Å². The molecular formula is C14H19FN2O2. The fraction of sp³-hybridized carbons (Fsp3) is 0.500. The normalized spacial score (nSPS) is 19.3. The number of carbonyl (C=O) groups excluding carboxylic acids is 1. The van der Waals surface area contributed by atoms with Crippen LogP contribution in [0.5, 0.6) is 0 Å². The van der Waals surface area contributed by atoms with Crippen molar-refractivity contribution < 1.29 is 13.9 Å². The zero-order chi connectivity index (χ0) is 13.8. The van der Waals surface area contributed by atoms with Crippen molar-refractivity contribution in [2.45, 2.75) is 25.9 Å². The molecule has 5 heteroatoms. The lowest BCUT2D eigenvalue weighted by molar-refractivity contribution is 0.0458. The van der Waals surface area contributed by atoms with Crippen LogP contribution in [0.3, 0.4) is 0 Å².